The summed E-state index contributed by atoms with van der Waals surface area (Å²) in [5, 5.41) is 1.08. The molecule has 28 heavy (non-hydrogen) atoms. The Morgan fingerprint density at radius 1 is 1.04 bits per heavy atom. The SMILES string of the molecule is COc1ccccc1C(=O)C1CCCC1C(=O)Nn1c(C)cc2ccccc21. The van der Waals surface area contributed by atoms with Gasteiger partial charge in [0.05, 0.1) is 18.2 Å². The van der Waals surface area contributed by atoms with E-state index in [-0.39, 0.29) is 23.5 Å². The number of aryl methyl sites for hydroxylation is 1. The smallest absolute Gasteiger partial charge is 0.242 e. The second kappa shape index (κ2) is 7.50. The van der Waals surface area contributed by atoms with Crippen molar-refractivity contribution in [1.29, 1.82) is 0 Å². The van der Waals surface area contributed by atoms with Gasteiger partial charge in [-0.05, 0) is 44.0 Å². The van der Waals surface area contributed by atoms with Crippen LogP contribution < -0.4 is 10.2 Å². The molecule has 2 aromatic carbocycles. The molecule has 1 fully saturated rings. The molecule has 3 aromatic rings. The van der Waals surface area contributed by atoms with Crippen LogP contribution in [0.2, 0.25) is 0 Å². The Morgan fingerprint density at radius 3 is 2.57 bits per heavy atom. The standard InChI is InChI=1S/C23H24N2O3/c1-15-14-16-8-3-5-12-20(16)25(15)24-23(27)18-11-7-10-17(18)22(26)19-9-4-6-13-21(19)28-2/h3-6,8-9,12-14,17-18H,7,10-11H2,1-2H3,(H,24,27). The predicted molar refractivity (Wildman–Crippen MR) is 109 cm³/mol. The van der Waals surface area contributed by atoms with Crippen LogP contribution in [0.1, 0.15) is 35.3 Å². The van der Waals surface area contributed by atoms with Crippen LogP contribution in [0.5, 0.6) is 5.75 Å². The van der Waals surface area contributed by atoms with Gasteiger partial charge < -0.3 is 4.74 Å². The van der Waals surface area contributed by atoms with E-state index in [1.165, 1.54) is 0 Å². The monoisotopic (exact) mass is 376 g/mol. The van der Waals surface area contributed by atoms with E-state index in [2.05, 4.69) is 5.43 Å². The highest BCUT2D eigenvalue weighted by molar-refractivity contribution is 6.03. The zero-order valence-electron chi connectivity index (χ0n) is 16.1. The Morgan fingerprint density at radius 2 is 1.75 bits per heavy atom. The van der Waals surface area contributed by atoms with E-state index in [1.54, 1.807) is 19.2 Å². The van der Waals surface area contributed by atoms with Gasteiger partial charge in [0.2, 0.25) is 5.91 Å². The van der Waals surface area contributed by atoms with Gasteiger partial charge in [0.1, 0.15) is 5.75 Å². The molecule has 1 amide bonds. The van der Waals surface area contributed by atoms with Crippen LogP contribution >= 0.6 is 0 Å². The lowest BCUT2D eigenvalue weighted by atomic mass is 9.87. The largest absolute Gasteiger partial charge is 0.496 e. The number of ether oxygens (including phenoxy) is 1. The van der Waals surface area contributed by atoms with E-state index < -0.39 is 0 Å². The molecule has 0 radical (unpaired) electrons. The molecule has 144 valence electrons. The quantitative estimate of drug-likeness (QED) is 0.675. The number of fused-ring (bicyclic) bond motifs is 1. The van der Waals surface area contributed by atoms with Crippen LogP contribution in [-0.2, 0) is 4.79 Å². The van der Waals surface area contributed by atoms with Gasteiger partial charge in [-0.1, -0.05) is 36.8 Å². The summed E-state index contributed by atoms with van der Waals surface area (Å²) in [6.45, 7) is 1.96. The maximum Gasteiger partial charge on any atom is 0.242 e. The molecular weight excluding hydrogens is 352 g/mol. The molecule has 1 aliphatic carbocycles. The first kappa shape index (κ1) is 18.3. The topological polar surface area (TPSA) is 60.3 Å². The molecule has 1 saturated carbocycles. The fraction of sp³-hybridized carbons (Fsp3) is 0.304. The zero-order chi connectivity index (χ0) is 19.7. The molecule has 0 spiro atoms. The molecule has 0 aliphatic heterocycles. The number of Topliss-reactive ketones (excluding diaryl/α,β-unsaturated/α-hetero) is 1. The van der Waals surface area contributed by atoms with Gasteiger partial charge in [0, 0.05) is 22.9 Å². The molecule has 2 unspecified atom stereocenters. The Labute approximate surface area is 164 Å². The van der Waals surface area contributed by atoms with Crippen molar-refractivity contribution in [2.24, 2.45) is 11.8 Å². The Bertz CT molecular complexity index is 1040. The molecule has 2 atom stereocenters. The minimum absolute atomic E-state index is 0.0100. The van der Waals surface area contributed by atoms with E-state index in [4.69, 9.17) is 4.74 Å². The van der Waals surface area contributed by atoms with Crippen molar-refractivity contribution < 1.29 is 14.3 Å². The molecule has 0 saturated heterocycles. The molecule has 1 heterocycles. The molecule has 5 heteroatoms. The van der Waals surface area contributed by atoms with Gasteiger partial charge in [-0.3, -0.25) is 19.7 Å². The highest BCUT2D eigenvalue weighted by Crippen LogP contribution is 2.36. The minimum atomic E-state index is -0.335. The number of carbonyl (C=O) groups excluding carboxylic acids is 2. The maximum atomic E-state index is 13.2. The predicted octanol–water partition coefficient (Wildman–Crippen LogP) is 4.33. The number of nitrogens with zero attached hydrogens (tertiary/aromatic N) is 1. The minimum Gasteiger partial charge on any atom is -0.496 e. The fourth-order valence-electron chi connectivity index (χ4n) is 4.27. The average molecular weight is 376 g/mol. The number of rotatable bonds is 5. The fourth-order valence-corrected chi connectivity index (χ4v) is 4.27. The van der Waals surface area contributed by atoms with E-state index in [0.29, 0.717) is 11.3 Å². The van der Waals surface area contributed by atoms with Gasteiger partial charge >= 0.3 is 0 Å². The Balaban J connectivity index is 1.58. The van der Waals surface area contributed by atoms with Crippen molar-refractivity contribution in [3.63, 3.8) is 0 Å². The number of aromatic nitrogens is 1. The van der Waals surface area contributed by atoms with E-state index in [9.17, 15) is 9.59 Å². The van der Waals surface area contributed by atoms with Gasteiger partial charge in [-0.25, -0.2) is 0 Å². The number of methoxy groups -OCH3 is 1. The molecule has 0 bridgehead atoms. The number of nitrogens with one attached hydrogen (secondary N) is 1. The van der Waals surface area contributed by atoms with Gasteiger partial charge in [-0.15, -0.1) is 0 Å². The normalized spacial score (nSPS) is 18.9. The molecule has 1 N–H and O–H groups in total. The number of amides is 1. The summed E-state index contributed by atoms with van der Waals surface area (Å²) in [6.07, 6.45) is 2.31. The van der Waals surface area contributed by atoms with Crippen molar-refractivity contribution in [3.05, 3.63) is 65.9 Å². The Kier molecular flexibility index (Phi) is 4.90. The van der Waals surface area contributed by atoms with Crippen LogP contribution in [0, 0.1) is 18.8 Å². The summed E-state index contributed by atoms with van der Waals surface area (Å²) >= 11 is 0. The lowest BCUT2D eigenvalue weighted by Gasteiger charge is -2.20. The van der Waals surface area contributed by atoms with Crippen molar-refractivity contribution >= 4 is 22.6 Å². The number of carbonyl (C=O) groups is 2. The van der Waals surface area contributed by atoms with Crippen LogP contribution in [0.25, 0.3) is 10.9 Å². The van der Waals surface area contributed by atoms with Crippen LogP contribution in [0.15, 0.2) is 54.6 Å². The first-order valence-corrected chi connectivity index (χ1v) is 9.65. The van der Waals surface area contributed by atoms with Crippen molar-refractivity contribution in [1.82, 2.24) is 4.68 Å². The van der Waals surface area contributed by atoms with E-state index >= 15 is 0 Å². The molecule has 4 rings (SSSR count). The van der Waals surface area contributed by atoms with Crippen molar-refractivity contribution in [2.75, 3.05) is 12.5 Å². The summed E-state index contributed by atoms with van der Waals surface area (Å²) in [7, 11) is 1.56. The molecule has 5 nitrogen and oxygen atoms in total. The summed E-state index contributed by atoms with van der Waals surface area (Å²) in [6, 6.07) is 17.2. The van der Waals surface area contributed by atoms with Crippen LogP contribution in [0.4, 0.5) is 0 Å². The first-order chi connectivity index (χ1) is 13.6. The lowest BCUT2D eigenvalue weighted by Crippen LogP contribution is -2.34. The molecule has 1 aromatic heterocycles. The Hall–Kier alpha value is -3.08. The summed E-state index contributed by atoms with van der Waals surface area (Å²) in [5.74, 6) is -0.207. The average Bonchev–Trinajstić information content (AvgIpc) is 3.32. The van der Waals surface area contributed by atoms with Gasteiger partial charge in [0.25, 0.3) is 0 Å². The second-order valence-electron chi connectivity index (χ2n) is 7.36. The van der Waals surface area contributed by atoms with Crippen LogP contribution in [0.3, 0.4) is 0 Å². The third-order valence-corrected chi connectivity index (χ3v) is 5.68. The third kappa shape index (κ3) is 3.17. The highest BCUT2D eigenvalue weighted by Gasteiger charge is 2.39. The highest BCUT2D eigenvalue weighted by atomic mass is 16.5. The summed E-state index contributed by atoms with van der Waals surface area (Å²) in [5.41, 5.74) is 5.50. The second-order valence-corrected chi connectivity index (χ2v) is 7.36. The summed E-state index contributed by atoms with van der Waals surface area (Å²) in [4.78, 5) is 26.3. The number of hydrogen-bond donors (Lipinski definition) is 1. The van der Waals surface area contributed by atoms with Gasteiger partial charge in [0.15, 0.2) is 5.78 Å². The maximum absolute atomic E-state index is 13.2. The van der Waals surface area contributed by atoms with Gasteiger partial charge in [-0.2, -0.15) is 0 Å². The number of para-hydroxylation sites is 2. The van der Waals surface area contributed by atoms with E-state index in [0.717, 1.165) is 35.9 Å². The van der Waals surface area contributed by atoms with Crippen LogP contribution in [-0.4, -0.2) is 23.5 Å². The lowest BCUT2D eigenvalue weighted by molar-refractivity contribution is -0.121. The summed E-state index contributed by atoms with van der Waals surface area (Å²) < 4.78 is 7.17. The number of hydrogen-bond acceptors (Lipinski definition) is 3. The molecule has 1 aliphatic rings. The van der Waals surface area contributed by atoms with E-state index in [1.807, 2.05) is 54.1 Å². The first-order valence-electron chi connectivity index (χ1n) is 9.65. The van der Waals surface area contributed by atoms with Crippen molar-refractivity contribution in [2.45, 2.75) is 26.2 Å². The number of ketones is 1. The molecular formula is C23H24N2O3. The third-order valence-electron chi connectivity index (χ3n) is 5.68. The number of benzene rings is 2. The zero-order valence-corrected chi connectivity index (χ0v) is 16.1. The van der Waals surface area contributed by atoms with Crippen molar-refractivity contribution in [3.8, 4) is 5.75 Å².